The van der Waals surface area contributed by atoms with Gasteiger partial charge in [0, 0.05) is 34.0 Å². The van der Waals surface area contributed by atoms with Gasteiger partial charge in [0.15, 0.2) is 11.5 Å². The molecule has 3 heterocycles. The molecule has 1 N–H and O–H groups in total. The van der Waals surface area contributed by atoms with Gasteiger partial charge in [0.1, 0.15) is 11.3 Å². The lowest BCUT2D eigenvalue weighted by molar-refractivity contribution is -0.117. The van der Waals surface area contributed by atoms with E-state index in [9.17, 15) is 14.7 Å². The highest BCUT2D eigenvalue weighted by Gasteiger charge is 2.45. The largest absolute Gasteiger partial charge is 0.503 e. The molecule has 4 aromatic rings. The van der Waals surface area contributed by atoms with Gasteiger partial charge in [-0.15, -0.1) is 0 Å². The van der Waals surface area contributed by atoms with E-state index in [0.717, 1.165) is 9.86 Å². The van der Waals surface area contributed by atoms with Crippen LogP contribution >= 0.6 is 15.9 Å². The number of rotatable bonds is 6. The van der Waals surface area contributed by atoms with Crippen LogP contribution in [0, 0.1) is 0 Å². The zero-order chi connectivity index (χ0) is 23.8. The maximum Gasteiger partial charge on any atom is 0.294 e. The molecule has 170 valence electrons. The lowest BCUT2D eigenvalue weighted by Gasteiger charge is -2.26. The molecule has 1 atom stereocenters. The van der Waals surface area contributed by atoms with Crippen LogP contribution in [0.2, 0.25) is 0 Å². The zero-order valence-corrected chi connectivity index (χ0v) is 19.7. The third-order valence-corrected chi connectivity index (χ3v) is 6.06. The van der Waals surface area contributed by atoms with E-state index in [1.54, 1.807) is 60.9 Å². The van der Waals surface area contributed by atoms with Crippen LogP contribution < -0.4 is 9.64 Å². The number of anilines is 1. The maximum atomic E-state index is 13.6. The van der Waals surface area contributed by atoms with Crippen molar-refractivity contribution in [1.29, 1.82) is 0 Å². The smallest absolute Gasteiger partial charge is 0.294 e. The number of aliphatic hydroxyl groups is 1. The average molecular weight is 519 g/mol. The number of aromatic nitrogens is 1. The lowest BCUT2D eigenvalue weighted by Crippen LogP contribution is -2.31. The fourth-order valence-electron chi connectivity index (χ4n) is 4.11. The number of fused-ring (bicyclic) bond motifs is 1. The number of pyridine rings is 1. The quantitative estimate of drug-likeness (QED) is 0.325. The molecule has 1 aliphatic rings. The van der Waals surface area contributed by atoms with Crippen molar-refractivity contribution in [2.75, 3.05) is 11.5 Å². The van der Waals surface area contributed by atoms with Gasteiger partial charge < -0.3 is 14.3 Å². The second kappa shape index (κ2) is 8.79. The molecule has 5 rings (SSSR count). The number of hydrogen-bond acceptors (Lipinski definition) is 6. The van der Waals surface area contributed by atoms with Crippen LogP contribution in [-0.2, 0) is 4.79 Å². The number of carbonyl (C=O) groups is 2. The Labute approximate surface area is 203 Å². The summed E-state index contributed by atoms with van der Waals surface area (Å²) in [5.74, 6) is -1.29. The van der Waals surface area contributed by atoms with Crippen LogP contribution in [-0.4, -0.2) is 28.4 Å². The highest BCUT2D eigenvalue weighted by molar-refractivity contribution is 9.10. The van der Waals surface area contributed by atoms with Crippen molar-refractivity contribution >= 4 is 44.3 Å². The van der Waals surface area contributed by atoms with Crippen molar-refractivity contribution in [3.05, 3.63) is 100 Å². The molecule has 1 unspecified atom stereocenters. The first kappa shape index (κ1) is 21.9. The number of Topliss-reactive ketones (excluding diaryl/α,β-unsaturated/α-hetero) is 1. The van der Waals surface area contributed by atoms with Gasteiger partial charge >= 0.3 is 0 Å². The molecule has 0 aliphatic carbocycles. The monoisotopic (exact) mass is 518 g/mol. The maximum absolute atomic E-state index is 13.6. The van der Waals surface area contributed by atoms with E-state index >= 15 is 0 Å². The minimum absolute atomic E-state index is 0.0289. The van der Waals surface area contributed by atoms with Gasteiger partial charge in [0.2, 0.25) is 5.78 Å². The van der Waals surface area contributed by atoms with Crippen LogP contribution in [0.15, 0.2) is 93.3 Å². The molecular weight excluding hydrogens is 500 g/mol. The Balaban J connectivity index is 1.63. The van der Waals surface area contributed by atoms with Crippen LogP contribution in [0.5, 0.6) is 5.75 Å². The first-order valence-corrected chi connectivity index (χ1v) is 11.4. The summed E-state index contributed by atoms with van der Waals surface area (Å²) in [6.45, 7) is 2.32. The molecular formula is C26H19BrN2O5. The molecule has 0 spiro atoms. The molecule has 1 aliphatic heterocycles. The molecule has 34 heavy (non-hydrogen) atoms. The van der Waals surface area contributed by atoms with Crippen LogP contribution in [0.1, 0.15) is 29.1 Å². The van der Waals surface area contributed by atoms with Crippen molar-refractivity contribution in [2.24, 2.45) is 0 Å². The number of halogens is 1. The van der Waals surface area contributed by atoms with Gasteiger partial charge in [-0.2, -0.15) is 0 Å². The van der Waals surface area contributed by atoms with Crippen LogP contribution in [0.25, 0.3) is 11.0 Å². The number of carbonyl (C=O) groups excluding carboxylic acids is 2. The van der Waals surface area contributed by atoms with Gasteiger partial charge in [-0.05, 0) is 55.0 Å². The van der Waals surface area contributed by atoms with Gasteiger partial charge in [-0.1, -0.05) is 28.1 Å². The van der Waals surface area contributed by atoms with E-state index in [1.165, 1.54) is 4.90 Å². The third kappa shape index (κ3) is 3.76. The first-order valence-electron chi connectivity index (χ1n) is 10.6. The molecule has 0 bridgehead atoms. The van der Waals surface area contributed by atoms with E-state index in [4.69, 9.17) is 9.15 Å². The van der Waals surface area contributed by atoms with Crippen molar-refractivity contribution in [3.63, 3.8) is 0 Å². The highest BCUT2D eigenvalue weighted by Crippen LogP contribution is 2.42. The van der Waals surface area contributed by atoms with Gasteiger partial charge in [-0.3, -0.25) is 19.5 Å². The van der Waals surface area contributed by atoms with E-state index in [1.807, 2.05) is 19.1 Å². The fourth-order valence-corrected chi connectivity index (χ4v) is 4.48. The number of aliphatic hydroxyl groups excluding tert-OH is 1. The minimum atomic E-state index is -0.898. The van der Waals surface area contributed by atoms with E-state index in [0.29, 0.717) is 29.2 Å². The fraction of sp³-hybridized carbons (Fsp3) is 0.115. The number of ketones is 1. The Morgan fingerprint density at radius 1 is 1.18 bits per heavy atom. The summed E-state index contributed by atoms with van der Waals surface area (Å²) in [7, 11) is 0. The Hall–Kier alpha value is -3.91. The Morgan fingerprint density at radius 2 is 2.03 bits per heavy atom. The van der Waals surface area contributed by atoms with Crippen LogP contribution in [0.3, 0.4) is 0 Å². The molecule has 0 saturated heterocycles. The molecule has 2 aromatic heterocycles. The molecule has 1 amide bonds. The summed E-state index contributed by atoms with van der Waals surface area (Å²) in [6.07, 6.45) is 3.17. The summed E-state index contributed by atoms with van der Waals surface area (Å²) in [6, 6.07) is 16.5. The number of hydrogen-bond donors (Lipinski definition) is 1. The molecule has 7 nitrogen and oxygen atoms in total. The predicted molar refractivity (Wildman–Crippen MR) is 130 cm³/mol. The normalized spacial score (nSPS) is 15.9. The summed E-state index contributed by atoms with van der Waals surface area (Å²) in [5.41, 5.74) is 1.50. The minimum Gasteiger partial charge on any atom is -0.503 e. The molecule has 2 aromatic carbocycles. The molecule has 0 fully saturated rings. The average Bonchev–Trinajstić information content (AvgIpc) is 3.38. The van der Waals surface area contributed by atoms with Gasteiger partial charge in [0.05, 0.1) is 18.2 Å². The third-order valence-electron chi connectivity index (χ3n) is 5.56. The van der Waals surface area contributed by atoms with Gasteiger partial charge in [-0.25, -0.2) is 0 Å². The Morgan fingerprint density at radius 3 is 2.79 bits per heavy atom. The van der Waals surface area contributed by atoms with E-state index in [2.05, 4.69) is 20.9 Å². The molecule has 0 saturated carbocycles. The lowest BCUT2D eigenvalue weighted by atomic mass is 9.96. The number of amides is 1. The number of furan rings is 1. The second-order valence-electron chi connectivity index (χ2n) is 7.68. The van der Waals surface area contributed by atoms with Crippen molar-refractivity contribution in [1.82, 2.24) is 4.98 Å². The van der Waals surface area contributed by atoms with Crippen molar-refractivity contribution in [2.45, 2.75) is 13.0 Å². The second-order valence-corrected chi connectivity index (χ2v) is 8.59. The first-order chi connectivity index (χ1) is 16.5. The number of ether oxygens (including phenoxy) is 1. The SMILES string of the molecule is CCOc1cccc(N2C(=O)C(O)=C(C(=O)c3cc4cc(Br)ccc4o3)C2c2cccnc2)c1. The summed E-state index contributed by atoms with van der Waals surface area (Å²) in [5, 5.41) is 11.6. The van der Waals surface area contributed by atoms with Gasteiger partial charge in [0.25, 0.3) is 5.91 Å². The zero-order valence-electron chi connectivity index (χ0n) is 18.1. The highest BCUT2D eigenvalue weighted by atomic mass is 79.9. The van der Waals surface area contributed by atoms with Crippen molar-refractivity contribution in [3.8, 4) is 5.75 Å². The topological polar surface area (TPSA) is 92.9 Å². The van der Waals surface area contributed by atoms with E-state index < -0.39 is 23.5 Å². The van der Waals surface area contributed by atoms with Crippen LogP contribution in [0.4, 0.5) is 5.69 Å². The summed E-state index contributed by atoms with van der Waals surface area (Å²) in [4.78, 5) is 32.5. The van der Waals surface area contributed by atoms with E-state index in [-0.39, 0.29) is 11.3 Å². The Kier molecular flexibility index (Phi) is 5.67. The standard InChI is InChI=1S/C26H19BrN2O5/c1-2-33-19-7-3-6-18(13-19)29-23(15-5-4-10-28-14-15)22(25(31)26(29)32)24(30)21-12-16-11-17(27)8-9-20(16)34-21/h3-14,23,31H,2H2,1H3. The summed E-state index contributed by atoms with van der Waals surface area (Å²) >= 11 is 3.41. The van der Waals surface area contributed by atoms with Crippen molar-refractivity contribution < 1.29 is 23.8 Å². The number of benzene rings is 2. The summed E-state index contributed by atoms with van der Waals surface area (Å²) < 4.78 is 12.2. The predicted octanol–water partition coefficient (Wildman–Crippen LogP) is 5.77. The molecule has 0 radical (unpaired) electrons. The Bertz CT molecular complexity index is 1440. The molecule has 8 heteroatoms. The number of nitrogens with zero attached hydrogens (tertiary/aromatic N) is 2.